The molecule has 2 rings (SSSR count). The number of nitrogens with one attached hydrogen (secondary N) is 1. The Bertz CT molecular complexity index is 901. The number of carbonyl (C=O) groups is 1. The molecule has 0 fully saturated rings. The van der Waals surface area contributed by atoms with E-state index in [9.17, 15) is 14.0 Å². The molecule has 1 aromatic heterocycles. The van der Waals surface area contributed by atoms with E-state index in [1.807, 2.05) is 13.8 Å². The fourth-order valence-corrected chi connectivity index (χ4v) is 2.30. The first kappa shape index (κ1) is 19.3. The molecule has 0 bridgehead atoms. The fourth-order valence-electron chi connectivity index (χ4n) is 2.30. The van der Waals surface area contributed by atoms with Crippen molar-refractivity contribution in [2.45, 2.75) is 34.1 Å². The SMILES string of the molecule is C/C=c1/c(Cc2ccc(F)c(C(=O)O)c2)n[nH]c(=O)/c1=C/C.CC. The number of halogens is 1. The van der Waals surface area contributed by atoms with Gasteiger partial charge in [-0.05, 0) is 31.5 Å². The minimum atomic E-state index is -1.32. The van der Waals surface area contributed by atoms with E-state index in [-0.39, 0.29) is 17.5 Å². The molecule has 0 aliphatic carbocycles. The average Bonchev–Trinajstić information content (AvgIpc) is 2.59. The summed E-state index contributed by atoms with van der Waals surface area (Å²) in [6.07, 6.45) is 3.75. The molecule has 24 heavy (non-hydrogen) atoms. The number of aromatic nitrogens is 2. The smallest absolute Gasteiger partial charge is 0.338 e. The van der Waals surface area contributed by atoms with Gasteiger partial charge in [-0.25, -0.2) is 14.3 Å². The van der Waals surface area contributed by atoms with E-state index in [0.29, 0.717) is 21.7 Å². The lowest BCUT2D eigenvalue weighted by Crippen LogP contribution is -2.43. The summed E-state index contributed by atoms with van der Waals surface area (Å²) >= 11 is 0. The van der Waals surface area contributed by atoms with Crippen LogP contribution in [0.1, 0.15) is 49.3 Å². The molecule has 0 saturated carbocycles. The van der Waals surface area contributed by atoms with Gasteiger partial charge in [-0.2, -0.15) is 5.10 Å². The highest BCUT2D eigenvalue weighted by Gasteiger charge is 2.12. The first-order valence-electron chi connectivity index (χ1n) is 7.70. The standard InChI is InChI=1S/C16H15FN2O3.C2H6/c1-3-10-11(4-2)15(20)19-18-14(10)8-9-5-6-13(17)12(7-9)16(21)22;1-2/h3-7H,8H2,1-2H3,(H,19,20)(H,21,22);1-2H3/b10-3+,11-4+;. The number of aromatic amines is 1. The summed E-state index contributed by atoms with van der Waals surface area (Å²) in [6, 6.07) is 3.90. The van der Waals surface area contributed by atoms with E-state index < -0.39 is 11.8 Å². The number of rotatable bonds is 3. The minimum Gasteiger partial charge on any atom is -0.478 e. The van der Waals surface area contributed by atoms with Crippen LogP contribution in [0.25, 0.3) is 12.2 Å². The first-order chi connectivity index (χ1) is 11.5. The molecule has 0 spiro atoms. The zero-order chi connectivity index (χ0) is 18.3. The van der Waals surface area contributed by atoms with E-state index in [1.54, 1.807) is 26.0 Å². The van der Waals surface area contributed by atoms with Gasteiger partial charge >= 0.3 is 5.97 Å². The highest BCUT2D eigenvalue weighted by molar-refractivity contribution is 5.88. The molecule has 1 aromatic carbocycles. The number of hydrogen-bond donors (Lipinski definition) is 2. The number of aromatic carboxylic acids is 1. The number of carboxylic acid groups (broad SMARTS) is 1. The second kappa shape index (κ2) is 8.76. The number of hydrogen-bond acceptors (Lipinski definition) is 3. The van der Waals surface area contributed by atoms with Crippen LogP contribution in [0.15, 0.2) is 23.0 Å². The van der Waals surface area contributed by atoms with E-state index in [1.165, 1.54) is 12.1 Å². The maximum atomic E-state index is 13.4. The summed E-state index contributed by atoms with van der Waals surface area (Å²) in [5, 5.41) is 16.6. The number of carboxylic acids is 1. The Labute approximate surface area is 139 Å². The molecule has 2 aromatic rings. The van der Waals surface area contributed by atoms with Gasteiger partial charge in [0.05, 0.1) is 11.3 Å². The maximum absolute atomic E-state index is 13.4. The lowest BCUT2D eigenvalue weighted by molar-refractivity contribution is 0.0691. The first-order valence-corrected chi connectivity index (χ1v) is 7.70. The highest BCUT2D eigenvalue weighted by atomic mass is 19.1. The van der Waals surface area contributed by atoms with Crippen LogP contribution in [0.3, 0.4) is 0 Å². The van der Waals surface area contributed by atoms with Crippen molar-refractivity contribution >= 4 is 18.1 Å². The van der Waals surface area contributed by atoms with Crippen LogP contribution in [0, 0.1) is 5.82 Å². The number of nitrogens with zero attached hydrogens (tertiary/aromatic N) is 1. The van der Waals surface area contributed by atoms with Crippen molar-refractivity contribution in [3.63, 3.8) is 0 Å². The zero-order valence-electron chi connectivity index (χ0n) is 14.2. The van der Waals surface area contributed by atoms with Gasteiger partial charge in [-0.1, -0.05) is 32.1 Å². The van der Waals surface area contributed by atoms with Crippen molar-refractivity contribution in [3.05, 3.63) is 61.6 Å². The summed E-state index contributed by atoms with van der Waals surface area (Å²) in [5.41, 5.74) is 0.526. The van der Waals surface area contributed by atoms with E-state index >= 15 is 0 Å². The lowest BCUT2D eigenvalue weighted by Gasteiger charge is -2.05. The van der Waals surface area contributed by atoms with Crippen LogP contribution in [-0.4, -0.2) is 21.3 Å². The Kier molecular flexibility index (Phi) is 7.04. The van der Waals surface area contributed by atoms with E-state index in [2.05, 4.69) is 10.2 Å². The maximum Gasteiger partial charge on any atom is 0.338 e. The zero-order valence-corrected chi connectivity index (χ0v) is 14.2. The van der Waals surface area contributed by atoms with Crippen LogP contribution < -0.4 is 16.0 Å². The van der Waals surface area contributed by atoms with Gasteiger partial charge < -0.3 is 5.11 Å². The van der Waals surface area contributed by atoms with Gasteiger partial charge in [0.15, 0.2) is 0 Å². The monoisotopic (exact) mass is 332 g/mol. The van der Waals surface area contributed by atoms with Crippen molar-refractivity contribution in [1.82, 2.24) is 10.2 Å². The summed E-state index contributed by atoms with van der Waals surface area (Å²) in [4.78, 5) is 22.7. The lowest BCUT2D eigenvalue weighted by atomic mass is 10.0. The molecule has 5 nitrogen and oxygen atoms in total. The van der Waals surface area contributed by atoms with Crippen molar-refractivity contribution in [1.29, 1.82) is 0 Å². The van der Waals surface area contributed by atoms with Gasteiger partial charge in [0.1, 0.15) is 5.82 Å². The summed E-state index contributed by atoms with van der Waals surface area (Å²) in [7, 11) is 0. The van der Waals surface area contributed by atoms with Gasteiger partial charge in [0.25, 0.3) is 5.56 Å². The molecule has 2 N–H and O–H groups in total. The second-order valence-corrected chi connectivity index (χ2v) is 4.70. The molecule has 128 valence electrons. The molecule has 0 saturated heterocycles. The normalized spacial score (nSPS) is 11.9. The van der Waals surface area contributed by atoms with Crippen LogP contribution in [0.4, 0.5) is 4.39 Å². The Balaban J connectivity index is 0.00000139. The second-order valence-electron chi connectivity index (χ2n) is 4.70. The Morgan fingerprint density at radius 3 is 2.42 bits per heavy atom. The van der Waals surface area contributed by atoms with Gasteiger partial charge in [-0.3, -0.25) is 4.79 Å². The molecule has 0 radical (unpaired) electrons. The highest BCUT2D eigenvalue weighted by Crippen LogP contribution is 2.12. The molecular formula is C18H21FN2O3. The van der Waals surface area contributed by atoms with Gasteiger partial charge in [-0.15, -0.1) is 0 Å². The molecule has 0 unspecified atom stereocenters. The molecule has 0 amide bonds. The third kappa shape index (κ3) is 4.16. The van der Waals surface area contributed by atoms with E-state index in [0.717, 1.165) is 6.07 Å². The largest absolute Gasteiger partial charge is 0.478 e. The van der Waals surface area contributed by atoms with Crippen LogP contribution in [-0.2, 0) is 6.42 Å². The van der Waals surface area contributed by atoms with Crippen LogP contribution in [0.5, 0.6) is 0 Å². The third-order valence-electron chi connectivity index (χ3n) is 3.35. The molecule has 0 aliphatic rings. The Hall–Kier alpha value is -2.76. The van der Waals surface area contributed by atoms with Crippen LogP contribution in [0.2, 0.25) is 0 Å². The Morgan fingerprint density at radius 1 is 1.25 bits per heavy atom. The van der Waals surface area contributed by atoms with Crippen LogP contribution >= 0.6 is 0 Å². The molecule has 1 heterocycles. The van der Waals surface area contributed by atoms with E-state index in [4.69, 9.17) is 5.11 Å². The number of benzene rings is 1. The molecular weight excluding hydrogens is 311 g/mol. The predicted molar refractivity (Wildman–Crippen MR) is 91.9 cm³/mol. The van der Waals surface area contributed by atoms with Gasteiger partial charge in [0.2, 0.25) is 0 Å². The van der Waals surface area contributed by atoms with Crippen molar-refractivity contribution in [3.8, 4) is 0 Å². The molecule has 0 aliphatic heterocycles. The number of H-pyrrole nitrogens is 1. The average molecular weight is 332 g/mol. The summed E-state index contributed by atoms with van der Waals surface area (Å²) < 4.78 is 13.4. The topological polar surface area (TPSA) is 83.0 Å². The Morgan fingerprint density at radius 2 is 1.88 bits per heavy atom. The minimum absolute atomic E-state index is 0.287. The van der Waals surface area contributed by atoms with Crippen molar-refractivity contribution in [2.75, 3.05) is 0 Å². The summed E-state index contributed by atoms with van der Waals surface area (Å²) in [5.74, 6) is -2.10. The van der Waals surface area contributed by atoms with Crippen molar-refractivity contribution < 1.29 is 14.3 Å². The quantitative estimate of drug-likeness (QED) is 0.898. The van der Waals surface area contributed by atoms with Crippen molar-refractivity contribution in [2.24, 2.45) is 0 Å². The fraction of sp³-hybridized carbons (Fsp3) is 0.278. The van der Waals surface area contributed by atoms with Gasteiger partial charge in [0, 0.05) is 16.9 Å². The molecule has 0 atom stereocenters. The third-order valence-corrected chi connectivity index (χ3v) is 3.35. The summed E-state index contributed by atoms with van der Waals surface area (Å²) in [6.45, 7) is 7.54. The molecule has 6 heteroatoms. The predicted octanol–water partition coefficient (Wildman–Crippen LogP) is 1.82.